The molecule has 1 atom stereocenters. The summed E-state index contributed by atoms with van der Waals surface area (Å²) in [6, 6.07) is 27.1. The molecule has 3 aromatic carbocycles. The van der Waals surface area contributed by atoms with E-state index in [1.54, 1.807) is 0 Å². The average Bonchev–Trinajstić information content (AvgIpc) is 2.92. The highest BCUT2D eigenvalue weighted by Crippen LogP contribution is 2.33. The van der Waals surface area contributed by atoms with Crippen molar-refractivity contribution in [3.63, 3.8) is 0 Å². The lowest BCUT2D eigenvalue weighted by Crippen LogP contribution is -2.34. The third-order valence-corrected chi connectivity index (χ3v) is 7.23. The van der Waals surface area contributed by atoms with Crippen molar-refractivity contribution < 1.29 is 9.53 Å². The van der Waals surface area contributed by atoms with Gasteiger partial charge in [-0.15, -0.1) is 0 Å². The summed E-state index contributed by atoms with van der Waals surface area (Å²) in [7, 11) is 0. The maximum Gasteiger partial charge on any atom is 0.226 e. The van der Waals surface area contributed by atoms with Crippen molar-refractivity contribution in [2.24, 2.45) is 5.92 Å². The molecular weight excluding hydrogens is 456 g/mol. The first kappa shape index (κ1) is 26.7. The van der Waals surface area contributed by atoms with E-state index in [1.807, 2.05) is 45.0 Å². The highest BCUT2D eigenvalue weighted by Gasteiger charge is 2.23. The molecule has 0 aromatic heterocycles. The van der Waals surface area contributed by atoms with E-state index in [4.69, 9.17) is 4.74 Å². The van der Waals surface area contributed by atoms with Crippen LogP contribution in [0.5, 0.6) is 5.75 Å². The Kier molecular flexibility index (Phi) is 9.19. The number of piperidine rings is 1. The second-order valence-corrected chi connectivity index (χ2v) is 10.5. The van der Waals surface area contributed by atoms with Crippen molar-refractivity contribution in [3.05, 3.63) is 102 Å². The Morgan fingerprint density at radius 3 is 2.41 bits per heavy atom. The molecule has 37 heavy (non-hydrogen) atoms. The maximum absolute atomic E-state index is 12.1. The quantitative estimate of drug-likeness (QED) is 0.313. The minimum atomic E-state index is -0.0233. The fourth-order valence-corrected chi connectivity index (χ4v) is 4.98. The summed E-state index contributed by atoms with van der Waals surface area (Å²) in [6.45, 7) is 13.1. The van der Waals surface area contributed by atoms with Crippen molar-refractivity contribution in [1.29, 1.82) is 0 Å². The van der Waals surface area contributed by atoms with Gasteiger partial charge in [0.2, 0.25) is 5.91 Å². The van der Waals surface area contributed by atoms with Gasteiger partial charge in [0.15, 0.2) is 0 Å². The zero-order valence-electron chi connectivity index (χ0n) is 22.5. The molecule has 3 aromatic rings. The number of hydrogen-bond acceptors (Lipinski definition) is 3. The zero-order chi connectivity index (χ0) is 26.2. The molecule has 1 amide bonds. The van der Waals surface area contributed by atoms with Gasteiger partial charge >= 0.3 is 0 Å². The van der Waals surface area contributed by atoms with Crippen LogP contribution >= 0.6 is 0 Å². The highest BCUT2D eigenvalue weighted by molar-refractivity contribution is 5.92. The number of para-hydroxylation sites is 1. The van der Waals surface area contributed by atoms with E-state index in [0.29, 0.717) is 5.92 Å². The Morgan fingerprint density at radius 2 is 1.70 bits per heavy atom. The maximum atomic E-state index is 12.1. The Bertz CT molecular complexity index is 1180. The summed E-state index contributed by atoms with van der Waals surface area (Å²) in [5.74, 6) is 1.46. The second-order valence-electron chi connectivity index (χ2n) is 10.5. The molecule has 1 unspecified atom stereocenters. The third-order valence-electron chi connectivity index (χ3n) is 7.23. The minimum Gasteiger partial charge on any atom is -0.485 e. The van der Waals surface area contributed by atoms with Gasteiger partial charge in [-0.2, -0.15) is 0 Å². The third kappa shape index (κ3) is 7.33. The first-order valence-corrected chi connectivity index (χ1v) is 13.5. The summed E-state index contributed by atoms with van der Waals surface area (Å²) in [4.78, 5) is 14.7. The van der Waals surface area contributed by atoms with Crippen LogP contribution in [-0.4, -0.2) is 30.4 Å². The van der Waals surface area contributed by atoms with E-state index in [2.05, 4.69) is 71.4 Å². The molecule has 1 N–H and O–H groups in total. The Labute approximate surface area is 222 Å². The molecular formula is C33H40N2O2. The smallest absolute Gasteiger partial charge is 0.226 e. The Balaban J connectivity index is 1.36. The van der Waals surface area contributed by atoms with Crippen LogP contribution in [0.1, 0.15) is 68.7 Å². The van der Waals surface area contributed by atoms with Crippen molar-refractivity contribution in [1.82, 2.24) is 4.90 Å². The molecule has 1 aliphatic heterocycles. The monoisotopic (exact) mass is 496 g/mol. The van der Waals surface area contributed by atoms with Crippen molar-refractivity contribution in [2.45, 2.75) is 52.1 Å². The normalized spacial score (nSPS) is 15.4. The lowest BCUT2D eigenvalue weighted by Gasteiger charge is -2.33. The standard InChI is InChI=1S/C33H40N2O2/c1-24(2)30-15-8-9-16-32(30)37-31(27-11-6-5-7-12-27)19-22-35-20-17-26(18-21-35)28-13-10-14-29(23-28)34-33(36)25(3)4/h5-16,23,25-26,31H,1,17-22H2,2-4H3,(H,34,36). The SMILES string of the molecule is C=C(C)c1ccccc1OC(CCN1CCC(c2cccc(NC(=O)C(C)C)c2)CC1)c1ccccc1. The number of nitrogens with one attached hydrogen (secondary N) is 1. The summed E-state index contributed by atoms with van der Waals surface area (Å²) in [5.41, 5.74) is 5.50. The van der Waals surface area contributed by atoms with Gasteiger partial charge in [0.25, 0.3) is 0 Å². The first-order chi connectivity index (χ1) is 17.9. The van der Waals surface area contributed by atoms with Gasteiger partial charge in [-0.3, -0.25) is 4.79 Å². The molecule has 0 aliphatic carbocycles. The van der Waals surface area contributed by atoms with Gasteiger partial charge in [-0.05, 0) is 73.7 Å². The van der Waals surface area contributed by atoms with Crippen LogP contribution in [0.3, 0.4) is 0 Å². The fraction of sp³-hybridized carbons (Fsp3) is 0.364. The van der Waals surface area contributed by atoms with Gasteiger partial charge < -0.3 is 15.0 Å². The lowest BCUT2D eigenvalue weighted by molar-refractivity contribution is -0.118. The number of hydrogen-bond donors (Lipinski definition) is 1. The summed E-state index contributed by atoms with van der Waals surface area (Å²) in [5, 5.41) is 3.04. The van der Waals surface area contributed by atoms with Gasteiger partial charge in [0, 0.05) is 30.1 Å². The van der Waals surface area contributed by atoms with E-state index in [1.165, 1.54) is 11.1 Å². The molecule has 4 rings (SSSR count). The van der Waals surface area contributed by atoms with Crippen molar-refractivity contribution in [3.8, 4) is 5.75 Å². The van der Waals surface area contributed by atoms with Gasteiger partial charge in [-0.25, -0.2) is 0 Å². The number of carbonyl (C=O) groups excluding carboxylic acids is 1. The number of benzene rings is 3. The average molecular weight is 497 g/mol. The van der Waals surface area contributed by atoms with E-state index < -0.39 is 0 Å². The molecule has 0 bridgehead atoms. The Hall–Kier alpha value is -3.37. The fourth-order valence-electron chi connectivity index (χ4n) is 4.98. The van der Waals surface area contributed by atoms with Crippen LogP contribution in [0.4, 0.5) is 5.69 Å². The van der Waals surface area contributed by atoms with Crippen LogP contribution in [0.15, 0.2) is 85.4 Å². The highest BCUT2D eigenvalue weighted by atomic mass is 16.5. The number of carbonyl (C=O) groups is 1. The van der Waals surface area contributed by atoms with Crippen LogP contribution < -0.4 is 10.1 Å². The van der Waals surface area contributed by atoms with E-state index in [9.17, 15) is 4.79 Å². The molecule has 1 fully saturated rings. The predicted molar refractivity (Wildman–Crippen MR) is 154 cm³/mol. The minimum absolute atomic E-state index is 0.0133. The molecule has 4 nitrogen and oxygen atoms in total. The number of nitrogens with zero attached hydrogens (tertiary/aromatic N) is 1. The topological polar surface area (TPSA) is 41.6 Å². The van der Waals surface area contributed by atoms with E-state index in [0.717, 1.165) is 61.5 Å². The number of ether oxygens (including phenoxy) is 1. The van der Waals surface area contributed by atoms with Crippen LogP contribution in [-0.2, 0) is 4.79 Å². The van der Waals surface area contributed by atoms with Crippen molar-refractivity contribution in [2.75, 3.05) is 25.0 Å². The van der Waals surface area contributed by atoms with E-state index >= 15 is 0 Å². The predicted octanol–water partition coefficient (Wildman–Crippen LogP) is 7.70. The van der Waals surface area contributed by atoms with Crippen LogP contribution in [0, 0.1) is 5.92 Å². The number of amides is 1. The molecule has 0 saturated carbocycles. The molecule has 194 valence electrons. The lowest BCUT2D eigenvalue weighted by atomic mass is 9.89. The van der Waals surface area contributed by atoms with Crippen LogP contribution in [0.2, 0.25) is 0 Å². The first-order valence-electron chi connectivity index (χ1n) is 13.5. The number of rotatable bonds is 10. The number of allylic oxidation sites excluding steroid dienone is 1. The van der Waals surface area contributed by atoms with Crippen LogP contribution in [0.25, 0.3) is 5.57 Å². The molecule has 1 saturated heterocycles. The molecule has 1 aliphatic rings. The van der Waals surface area contributed by atoms with Gasteiger partial charge in [0.1, 0.15) is 11.9 Å². The van der Waals surface area contributed by atoms with Crippen molar-refractivity contribution >= 4 is 17.2 Å². The number of anilines is 1. The summed E-state index contributed by atoms with van der Waals surface area (Å²) < 4.78 is 6.61. The molecule has 0 spiro atoms. The second kappa shape index (κ2) is 12.7. The zero-order valence-corrected chi connectivity index (χ0v) is 22.5. The summed E-state index contributed by atoms with van der Waals surface area (Å²) >= 11 is 0. The Morgan fingerprint density at radius 1 is 1.00 bits per heavy atom. The largest absolute Gasteiger partial charge is 0.485 e. The molecule has 4 heteroatoms. The van der Waals surface area contributed by atoms with E-state index in [-0.39, 0.29) is 17.9 Å². The van der Waals surface area contributed by atoms with Gasteiger partial charge in [0.05, 0.1) is 0 Å². The number of likely N-dealkylation sites (tertiary alicyclic amines) is 1. The summed E-state index contributed by atoms with van der Waals surface area (Å²) in [6.07, 6.45) is 3.16. The molecule has 0 radical (unpaired) electrons. The van der Waals surface area contributed by atoms with Gasteiger partial charge in [-0.1, -0.05) is 81.1 Å². The molecule has 1 heterocycles.